The highest BCUT2D eigenvalue weighted by molar-refractivity contribution is 5.95. The van der Waals surface area contributed by atoms with E-state index in [4.69, 9.17) is 0 Å². The van der Waals surface area contributed by atoms with Gasteiger partial charge in [-0.2, -0.15) is 8.96 Å². The van der Waals surface area contributed by atoms with Gasteiger partial charge in [0.1, 0.15) is 0 Å². The number of nitrogens with one attached hydrogen (secondary N) is 1. The molecule has 0 amide bonds. The van der Waals surface area contributed by atoms with Crippen LogP contribution in [0.3, 0.4) is 0 Å². The first kappa shape index (κ1) is 11.0. The highest BCUT2D eigenvalue weighted by Crippen LogP contribution is 1.99. The highest BCUT2D eigenvalue weighted by Gasteiger charge is 2.15. The van der Waals surface area contributed by atoms with Crippen LogP contribution >= 0.6 is 0 Å². The second kappa shape index (κ2) is 4.17. The molecule has 1 N–H and O–H groups in total. The van der Waals surface area contributed by atoms with Crippen LogP contribution in [0.5, 0.6) is 0 Å². The molecule has 0 fully saturated rings. The van der Waals surface area contributed by atoms with E-state index in [-0.39, 0.29) is 10.1 Å². The molecule has 0 radical (unpaired) electrons. The summed E-state index contributed by atoms with van der Waals surface area (Å²) in [6.45, 7) is 0. The predicted molar refractivity (Wildman–Crippen MR) is 57.5 cm³/mol. The molecule has 6 heteroatoms. The first-order valence-electron chi connectivity index (χ1n) is 4.71. The van der Waals surface area contributed by atoms with Crippen LogP contribution in [0, 0.1) is 5.82 Å². The van der Waals surface area contributed by atoms with E-state index < -0.39 is 23.0 Å². The summed E-state index contributed by atoms with van der Waals surface area (Å²) in [5.41, 5.74) is -2.10. The van der Waals surface area contributed by atoms with E-state index in [1.54, 1.807) is 18.2 Å². The lowest BCUT2D eigenvalue weighted by Gasteiger charge is -2.02. The smallest absolute Gasteiger partial charge is 0.311 e. The van der Waals surface area contributed by atoms with E-state index in [1.807, 2.05) is 4.98 Å². The molecule has 1 aromatic heterocycles. The summed E-state index contributed by atoms with van der Waals surface area (Å²) in [4.78, 5) is 36.5. The van der Waals surface area contributed by atoms with E-state index in [9.17, 15) is 18.8 Å². The molecule has 86 valence electrons. The third-order valence-electron chi connectivity index (χ3n) is 2.16. The van der Waals surface area contributed by atoms with Crippen LogP contribution in [0.4, 0.5) is 4.39 Å². The van der Waals surface area contributed by atoms with Crippen molar-refractivity contribution in [2.75, 3.05) is 0 Å². The van der Waals surface area contributed by atoms with E-state index in [2.05, 4.69) is 0 Å². The van der Waals surface area contributed by atoms with Crippen molar-refractivity contribution in [3.63, 3.8) is 0 Å². The molecule has 0 spiro atoms. The number of benzene rings is 1. The van der Waals surface area contributed by atoms with Gasteiger partial charge in [0.2, 0.25) is 5.82 Å². The van der Waals surface area contributed by atoms with Gasteiger partial charge >= 0.3 is 5.69 Å². The molecule has 2 rings (SSSR count). The molecule has 0 unspecified atom stereocenters. The fraction of sp³-hybridized carbons (Fsp3) is 0. The van der Waals surface area contributed by atoms with Gasteiger partial charge in [-0.1, -0.05) is 18.2 Å². The molecule has 17 heavy (non-hydrogen) atoms. The zero-order valence-corrected chi connectivity index (χ0v) is 8.51. The number of H-pyrrole nitrogens is 1. The zero-order valence-electron chi connectivity index (χ0n) is 8.51. The van der Waals surface area contributed by atoms with Crippen molar-refractivity contribution in [2.45, 2.75) is 0 Å². The lowest BCUT2D eigenvalue weighted by molar-refractivity contribution is 0.0948. The largest absolute Gasteiger partial charge is 0.335 e. The van der Waals surface area contributed by atoms with E-state index in [0.717, 1.165) is 0 Å². The maximum Gasteiger partial charge on any atom is 0.335 e. The van der Waals surface area contributed by atoms with Crippen molar-refractivity contribution < 1.29 is 9.18 Å². The van der Waals surface area contributed by atoms with Gasteiger partial charge in [0, 0.05) is 11.8 Å². The topological polar surface area (TPSA) is 71.9 Å². The van der Waals surface area contributed by atoms with Crippen molar-refractivity contribution in [1.29, 1.82) is 0 Å². The fourth-order valence-electron chi connectivity index (χ4n) is 1.34. The molecule has 0 aliphatic rings. The van der Waals surface area contributed by atoms with Crippen LogP contribution in [0.25, 0.3) is 0 Å². The second-order valence-electron chi connectivity index (χ2n) is 3.25. The van der Waals surface area contributed by atoms with E-state index in [0.29, 0.717) is 6.20 Å². The summed E-state index contributed by atoms with van der Waals surface area (Å²) in [7, 11) is 0. The van der Waals surface area contributed by atoms with Crippen LogP contribution in [0.15, 0.2) is 46.1 Å². The summed E-state index contributed by atoms with van der Waals surface area (Å²) in [6, 6.07) is 7.69. The first-order valence-corrected chi connectivity index (χ1v) is 4.71. The normalized spacial score (nSPS) is 10.2. The molecule has 0 atom stereocenters. The van der Waals surface area contributed by atoms with Gasteiger partial charge < -0.3 is 4.98 Å². The fourth-order valence-corrected chi connectivity index (χ4v) is 1.34. The van der Waals surface area contributed by atoms with Gasteiger partial charge in [-0.15, -0.1) is 0 Å². The van der Waals surface area contributed by atoms with Crippen molar-refractivity contribution in [2.24, 2.45) is 0 Å². The van der Waals surface area contributed by atoms with Crippen molar-refractivity contribution >= 4 is 5.91 Å². The molecule has 0 saturated heterocycles. The summed E-state index contributed by atoms with van der Waals surface area (Å²) < 4.78 is 13.2. The zero-order chi connectivity index (χ0) is 12.4. The minimum absolute atomic E-state index is 0.130. The van der Waals surface area contributed by atoms with Gasteiger partial charge in [0.25, 0.3) is 11.5 Å². The van der Waals surface area contributed by atoms with Crippen LogP contribution < -0.4 is 11.2 Å². The van der Waals surface area contributed by atoms with Crippen molar-refractivity contribution in [3.05, 3.63) is 68.7 Å². The Balaban J connectivity index is 2.64. The van der Waals surface area contributed by atoms with Gasteiger partial charge in [-0.3, -0.25) is 9.59 Å². The first-order chi connectivity index (χ1) is 8.11. The Morgan fingerprint density at radius 2 is 1.82 bits per heavy atom. The van der Waals surface area contributed by atoms with Crippen LogP contribution in [-0.2, 0) is 0 Å². The number of hydrogen-bond donors (Lipinski definition) is 1. The molecular formula is C11H7FN2O3. The quantitative estimate of drug-likeness (QED) is 0.774. The number of halogens is 1. The molecule has 0 saturated carbocycles. The lowest BCUT2D eigenvalue weighted by atomic mass is 10.2. The Morgan fingerprint density at radius 3 is 2.47 bits per heavy atom. The number of hydrogen-bond acceptors (Lipinski definition) is 3. The minimum atomic E-state index is -1.26. The number of nitrogens with zero attached hydrogens (tertiary/aromatic N) is 1. The number of carbonyl (C=O) groups is 1. The summed E-state index contributed by atoms with van der Waals surface area (Å²) in [5, 5.41) is 0. The average Bonchev–Trinajstić information content (AvgIpc) is 2.35. The third-order valence-corrected chi connectivity index (χ3v) is 2.16. The Morgan fingerprint density at radius 1 is 1.18 bits per heavy atom. The third kappa shape index (κ3) is 1.92. The van der Waals surface area contributed by atoms with E-state index >= 15 is 0 Å². The maximum atomic E-state index is 13.0. The van der Waals surface area contributed by atoms with Gasteiger partial charge in [-0.05, 0) is 12.1 Å². The standard InChI is InChI=1S/C11H7FN2O3/c12-8-6-13-11(17)14(10(8)16)9(15)7-4-2-1-3-5-7/h1-6H,(H,13,17). The minimum Gasteiger partial charge on any atom is -0.311 e. The monoisotopic (exact) mass is 234 g/mol. The molecule has 1 aromatic carbocycles. The molecular weight excluding hydrogens is 227 g/mol. The summed E-state index contributed by atoms with van der Waals surface area (Å²) >= 11 is 0. The SMILES string of the molecule is O=C(c1ccccc1)n1c(=O)[nH]cc(F)c1=O. The Kier molecular flexibility index (Phi) is 2.70. The Bertz CT molecular complexity index is 673. The van der Waals surface area contributed by atoms with Crippen LogP contribution in [0.1, 0.15) is 10.4 Å². The van der Waals surface area contributed by atoms with Gasteiger partial charge in [0.15, 0.2) is 0 Å². The summed E-state index contributed by atoms with van der Waals surface area (Å²) in [5.74, 6) is -2.05. The van der Waals surface area contributed by atoms with Crippen molar-refractivity contribution in [3.8, 4) is 0 Å². The maximum absolute atomic E-state index is 13.0. The summed E-state index contributed by atoms with van der Waals surface area (Å²) in [6.07, 6.45) is 0.624. The highest BCUT2D eigenvalue weighted by atomic mass is 19.1. The van der Waals surface area contributed by atoms with E-state index in [1.165, 1.54) is 12.1 Å². The van der Waals surface area contributed by atoms with Gasteiger partial charge in [-0.25, -0.2) is 4.79 Å². The Labute approximate surface area is 94.2 Å². The van der Waals surface area contributed by atoms with Gasteiger partial charge in [0.05, 0.1) is 0 Å². The second-order valence-corrected chi connectivity index (χ2v) is 3.25. The number of rotatable bonds is 1. The van der Waals surface area contributed by atoms with Crippen molar-refractivity contribution in [1.82, 2.24) is 9.55 Å². The molecule has 0 aliphatic carbocycles. The number of aromatic amines is 1. The molecule has 5 nitrogen and oxygen atoms in total. The number of aromatic nitrogens is 2. The predicted octanol–water partition coefficient (Wildman–Crippen LogP) is 0.364. The molecule has 2 aromatic rings. The lowest BCUT2D eigenvalue weighted by Crippen LogP contribution is -2.41. The average molecular weight is 234 g/mol. The number of carbonyl (C=O) groups excluding carboxylic acids is 1. The molecule has 1 heterocycles. The van der Waals surface area contributed by atoms with Crippen LogP contribution in [-0.4, -0.2) is 15.5 Å². The Hall–Kier alpha value is -2.50. The molecule has 0 aliphatic heterocycles. The van der Waals surface area contributed by atoms with Crippen LogP contribution in [0.2, 0.25) is 0 Å². The molecule has 0 bridgehead atoms.